The minimum absolute atomic E-state index is 1.17. The van der Waals surface area contributed by atoms with Crippen molar-refractivity contribution in [2.75, 3.05) is 19.6 Å². The molecule has 0 atom stereocenters. The zero-order chi connectivity index (χ0) is 12.2. The Morgan fingerprint density at radius 1 is 0.938 bits per heavy atom. The van der Waals surface area contributed by atoms with Gasteiger partial charge in [0.25, 0.3) is 0 Å². The smallest absolute Gasteiger partial charge is 0.0192 e. The van der Waals surface area contributed by atoms with Gasteiger partial charge in [-0.1, -0.05) is 58.6 Å². The van der Waals surface area contributed by atoms with E-state index in [1.807, 2.05) is 0 Å². The minimum Gasteiger partial charge on any atom is -0.300 e. The van der Waals surface area contributed by atoms with Gasteiger partial charge >= 0.3 is 0 Å². The van der Waals surface area contributed by atoms with Gasteiger partial charge < -0.3 is 0 Å². The molecular weight excluding hydrogens is 194 g/mol. The van der Waals surface area contributed by atoms with Crippen LogP contribution in [0.2, 0.25) is 0 Å². The van der Waals surface area contributed by atoms with E-state index in [4.69, 9.17) is 0 Å². The lowest BCUT2D eigenvalue weighted by molar-refractivity contribution is 0.325. The monoisotopic (exact) mass is 225 g/mol. The molecule has 0 unspecified atom stereocenters. The van der Waals surface area contributed by atoms with Gasteiger partial charge in [-0.3, -0.25) is 4.90 Å². The first kappa shape index (κ1) is 15.7. The fraction of sp³-hybridized carbons (Fsp3) is 0.867. The number of likely N-dealkylation sites (N-methyl/N-ethyl adjacent to an activating group) is 1. The van der Waals surface area contributed by atoms with Gasteiger partial charge in [0.2, 0.25) is 0 Å². The molecular formula is C15H31N. The van der Waals surface area contributed by atoms with E-state index in [1.165, 1.54) is 58.2 Å². The van der Waals surface area contributed by atoms with Gasteiger partial charge in [-0.25, -0.2) is 0 Å². The Hall–Kier alpha value is -0.300. The second kappa shape index (κ2) is 11.2. The van der Waals surface area contributed by atoms with Gasteiger partial charge in [-0.05, 0) is 32.4 Å². The summed E-state index contributed by atoms with van der Waals surface area (Å²) in [7, 11) is 0. The number of rotatable bonds is 10. The van der Waals surface area contributed by atoms with Crippen molar-refractivity contribution in [2.24, 2.45) is 0 Å². The maximum atomic E-state index is 2.52. The van der Waals surface area contributed by atoms with E-state index in [2.05, 4.69) is 38.7 Å². The molecule has 0 aliphatic carbocycles. The zero-order valence-electron chi connectivity index (χ0n) is 11.9. The lowest BCUT2D eigenvalue weighted by Crippen LogP contribution is -2.25. The Bertz CT molecular complexity index is 168. The molecule has 0 spiro atoms. The third-order valence-corrected chi connectivity index (χ3v) is 3.16. The maximum Gasteiger partial charge on any atom is 0.0192 e. The first-order valence-corrected chi connectivity index (χ1v) is 7.18. The van der Waals surface area contributed by atoms with E-state index < -0.39 is 0 Å². The topological polar surface area (TPSA) is 3.24 Å². The molecule has 0 aromatic rings. The molecule has 16 heavy (non-hydrogen) atoms. The highest BCUT2D eigenvalue weighted by atomic mass is 15.1. The average molecular weight is 225 g/mol. The van der Waals surface area contributed by atoms with Crippen molar-refractivity contribution in [2.45, 2.75) is 66.2 Å². The molecule has 0 bridgehead atoms. The lowest BCUT2D eigenvalue weighted by Gasteiger charge is -2.20. The number of allylic oxidation sites excluding steroid dienone is 1. The summed E-state index contributed by atoms with van der Waals surface area (Å²) in [6.45, 7) is 12.6. The summed E-state index contributed by atoms with van der Waals surface area (Å²) in [4.78, 5) is 2.52. The molecule has 96 valence electrons. The summed E-state index contributed by atoms with van der Waals surface area (Å²) >= 11 is 0. The Morgan fingerprint density at radius 2 is 1.56 bits per heavy atom. The van der Waals surface area contributed by atoms with Crippen LogP contribution in [0.5, 0.6) is 0 Å². The Labute approximate surface area is 103 Å². The average Bonchev–Trinajstić information content (AvgIpc) is 2.32. The molecule has 0 aromatic heterocycles. The first-order valence-electron chi connectivity index (χ1n) is 7.18. The molecule has 1 nitrogen and oxygen atoms in total. The number of unbranched alkanes of at least 4 members (excludes halogenated alkanes) is 3. The van der Waals surface area contributed by atoms with Crippen LogP contribution in [0.25, 0.3) is 0 Å². The lowest BCUT2D eigenvalue weighted by atomic mass is 10.1. The summed E-state index contributed by atoms with van der Waals surface area (Å²) < 4.78 is 0. The largest absolute Gasteiger partial charge is 0.300 e. The molecule has 0 heterocycles. The van der Waals surface area contributed by atoms with E-state index in [-0.39, 0.29) is 0 Å². The van der Waals surface area contributed by atoms with Gasteiger partial charge in [0.1, 0.15) is 0 Å². The van der Waals surface area contributed by atoms with Crippen LogP contribution < -0.4 is 0 Å². The summed E-state index contributed by atoms with van der Waals surface area (Å²) in [6, 6.07) is 0. The van der Waals surface area contributed by atoms with Crippen molar-refractivity contribution in [1.29, 1.82) is 0 Å². The fourth-order valence-electron chi connectivity index (χ4n) is 1.89. The van der Waals surface area contributed by atoms with Crippen molar-refractivity contribution in [3.05, 3.63) is 11.6 Å². The third kappa shape index (κ3) is 7.92. The molecule has 0 aromatic carbocycles. The van der Waals surface area contributed by atoms with Crippen LogP contribution >= 0.6 is 0 Å². The minimum atomic E-state index is 1.17. The van der Waals surface area contributed by atoms with Crippen LogP contribution in [-0.4, -0.2) is 24.5 Å². The van der Waals surface area contributed by atoms with E-state index in [0.717, 1.165) is 0 Å². The van der Waals surface area contributed by atoms with Gasteiger partial charge in [0.05, 0.1) is 0 Å². The molecule has 1 heteroatoms. The van der Waals surface area contributed by atoms with Gasteiger partial charge in [0.15, 0.2) is 0 Å². The van der Waals surface area contributed by atoms with E-state index in [1.54, 1.807) is 5.57 Å². The molecule has 0 saturated carbocycles. The van der Waals surface area contributed by atoms with Crippen LogP contribution in [-0.2, 0) is 0 Å². The third-order valence-electron chi connectivity index (χ3n) is 3.16. The first-order chi connectivity index (χ1) is 7.78. The standard InChI is InChI=1S/C15H31N/c1-5-9-11-13-15(12-10-6-2)14-16(7-3)8-4/h13H,5-12,14H2,1-4H3/b15-13+. The van der Waals surface area contributed by atoms with Crippen LogP contribution in [0.1, 0.15) is 66.2 Å². The number of nitrogens with zero attached hydrogens (tertiary/aromatic N) is 1. The van der Waals surface area contributed by atoms with E-state index >= 15 is 0 Å². The summed E-state index contributed by atoms with van der Waals surface area (Å²) in [5.41, 5.74) is 1.67. The molecule has 0 fully saturated rings. The molecule has 0 aliphatic heterocycles. The van der Waals surface area contributed by atoms with Crippen molar-refractivity contribution >= 4 is 0 Å². The highest BCUT2D eigenvalue weighted by Gasteiger charge is 2.03. The van der Waals surface area contributed by atoms with Crippen LogP contribution in [0, 0.1) is 0 Å². The van der Waals surface area contributed by atoms with E-state index in [0.29, 0.717) is 0 Å². The Kier molecular flexibility index (Phi) is 11.0. The summed E-state index contributed by atoms with van der Waals surface area (Å²) in [5.74, 6) is 0. The van der Waals surface area contributed by atoms with Crippen molar-refractivity contribution < 1.29 is 0 Å². The molecule has 0 N–H and O–H groups in total. The Morgan fingerprint density at radius 3 is 2.06 bits per heavy atom. The summed E-state index contributed by atoms with van der Waals surface area (Å²) in [5, 5.41) is 0. The van der Waals surface area contributed by atoms with E-state index in [9.17, 15) is 0 Å². The number of hydrogen-bond acceptors (Lipinski definition) is 1. The van der Waals surface area contributed by atoms with Crippen LogP contribution in [0.15, 0.2) is 11.6 Å². The maximum absolute atomic E-state index is 2.52. The second-order valence-electron chi connectivity index (χ2n) is 4.57. The van der Waals surface area contributed by atoms with Crippen LogP contribution in [0.3, 0.4) is 0 Å². The molecule has 0 saturated heterocycles. The molecule has 0 rings (SSSR count). The van der Waals surface area contributed by atoms with Crippen molar-refractivity contribution in [1.82, 2.24) is 4.90 Å². The zero-order valence-corrected chi connectivity index (χ0v) is 11.9. The van der Waals surface area contributed by atoms with Gasteiger partial charge in [0, 0.05) is 6.54 Å². The second-order valence-corrected chi connectivity index (χ2v) is 4.57. The SMILES string of the molecule is CCCC/C=C(\CCCC)CN(CC)CC. The Balaban J connectivity index is 4.11. The van der Waals surface area contributed by atoms with Crippen LogP contribution in [0.4, 0.5) is 0 Å². The molecule has 0 aliphatic rings. The fourth-order valence-corrected chi connectivity index (χ4v) is 1.89. The van der Waals surface area contributed by atoms with Crippen molar-refractivity contribution in [3.8, 4) is 0 Å². The van der Waals surface area contributed by atoms with Gasteiger partial charge in [-0.15, -0.1) is 0 Å². The normalized spacial score (nSPS) is 12.4. The predicted octanol–water partition coefficient (Wildman–Crippen LogP) is 4.64. The highest BCUT2D eigenvalue weighted by molar-refractivity contribution is 5.04. The quantitative estimate of drug-likeness (QED) is 0.387. The van der Waals surface area contributed by atoms with Gasteiger partial charge in [-0.2, -0.15) is 0 Å². The predicted molar refractivity (Wildman–Crippen MR) is 74.9 cm³/mol. The van der Waals surface area contributed by atoms with Crippen molar-refractivity contribution in [3.63, 3.8) is 0 Å². The highest BCUT2D eigenvalue weighted by Crippen LogP contribution is 2.11. The molecule has 0 radical (unpaired) electrons. The summed E-state index contributed by atoms with van der Waals surface area (Å²) in [6.07, 6.45) is 10.4. The number of hydrogen-bond donors (Lipinski definition) is 0. The molecule has 0 amide bonds.